The average Bonchev–Trinajstić information content (AvgIpc) is 0.819. The predicted molar refractivity (Wildman–Crippen MR) is 397 cm³/mol. The Bertz CT molecular complexity index is 2940. The van der Waals surface area contributed by atoms with Crippen LogP contribution in [0, 0.1) is 41.4 Å². The molecule has 17 atom stereocenters. The highest BCUT2D eigenvalue weighted by Crippen LogP contribution is 2.37. The molecule has 3 aliphatic rings. The van der Waals surface area contributed by atoms with Gasteiger partial charge in [-0.05, 0) is 89.0 Å². The summed E-state index contributed by atoms with van der Waals surface area (Å²) in [5.41, 5.74) is 0.886. The summed E-state index contributed by atoms with van der Waals surface area (Å²) in [7, 11) is 0. The van der Waals surface area contributed by atoms with Crippen molar-refractivity contribution in [3.05, 3.63) is 35.9 Å². The topological polar surface area (TPSA) is 373 Å². The van der Waals surface area contributed by atoms with Crippen molar-refractivity contribution in [1.82, 2.24) is 21.3 Å². The molecule has 3 heterocycles. The quantitative estimate of drug-likeness (QED) is 0.0268. The fourth-order valence-electron chi connectivity index (χ4n) is 13.4. The third kappa shape index (κ3) is 38.1. The van der Waals surface area contributed by atoms with Crippen LogP contribution >= 0.6 is 0 Å². The third-order valence-corrected chi connectivity index (χ3v) is 20.3. The standard InChI is InChI=1S/C80H128N4O25/c1-51-54(4)78(107-67(48-100-57(7)85)74(51)104-60(10)88)97-43-29-15-20-36-70(92)81-40-27-24-34-64(77(96)83-42-26-14-23-39-73(95)103-47-63-32-18-13-19-33-63)46-66(91)65(84-72(94)38-22-17-31-45-99-80-56(6)53(3)76(106-62(12)90)69(109-80)50-102-59(9)87)35-25-28-41-82-71(93)37-21-16-30-44-98-79-55(5)52(2)75(105-61(11)89)68(108-79)49-101-58(8)86/h13,18-19,32-33,51-56,64-65,67-69,74-76,78-80H,14-17,20-31,34-50H2,1-12H3,(H,81,92)(H,82,93)(H,83,96)(H,84,94). The van der Waals surface area contributed by atoms with Crippen molar-refractivity contribution in [1.29, 1.82) is 0 Å². The molecule has 4 N–H and O–H groups in total. The molecule has 0 bridgehead atoms. The number of carbonyl (C=O) groups excluding carboxylic acids is 12. The summed E-state index contributed by atoms with van der Waals surface area (Å²) in [6, 6.07) is 8.45. The zero-order chi connectivity index (χ0) is 80.2. The molecule has 0 aromatic heterocycles. The summed E-state index contributed by atoms with van der Waals surface area (Å²) >= 11 is 0. The molecule has 109 heavy (non-hydrogen) atoms. The third-order valence-electron chi connectivity index (χ3n) is 20.3. The number of esters is 7. The number of hydrogen-bond acceptors (Lipinski definition) is 25. The van der Waals surface area contributed by atoms with Crippen molar-refractivity contribution in [2.24, 2.45) is 41.4 Å². The van der Waals surface area contributed by atoms with Gasteiger partial charge in [0.05, 0.1) is 6.04 Å². The summed E-state index contributed by atoms with van der Waals surface area (Å²) in [5.74, 6) is -6.15. The summed E-state index contributed by atoms with van der Waals surface area (Å²) in [4.78, 5) is 152. The van der Waals surface area contributed by atoms with E-state index < -0.39 is 103 Å². The van der Waals surface area contributed by atoms with Crippen LogP contribution in [0.25, 0.3) is 0 Å². The summed E-state index contributed by atoms with van der Waals surface area (Å²) < 4.78 is 74.6. The minimum atomic E-state index is -0.945. The zero-order valence-electron chi connectivity index (χ0n) is 66.7. The van der Waals surface area contributed by atoms with Crippen molar-refractivity contribution in [3.63, 3.8) is 0 Å². The maximum Gasteiger partial charge on any atom is 0.306 e. The van der Waals surface area contributed by atoms with Gasteiger partial charge in [0.2, 0.25) is 23.6 Å². The number of nitrogens with one attached hydrogen (secondary N) is 4. The molecule has 0 spiro atoms. The first-order valence-corrected chi connectivity index (χ1v) is 39.6. The van der Waals surface area contributed by atoms with Gasteiger partial charge in [0.1, 0.15) is 63.1 Å². The number of ether oxygens (including phenoxy) is 13. The Morgan fingerprint density at radius 1 is 0.385 bits per heavy atom. The first-order valence-electron chi connectivity index (χ1n) is 39.6. The molecule has 3 fully saturated rings. The van der Waals surface area contributed by atoms with Gasteiger partial charge < -0.3 is 82.8 Å². The molecule has 4 amide bonds. The zero-order valence-corrected chi connectivity index (χ0v) is 66.7. The second-order valence-corrected chi connectivity index (χ2v) is 29.4. The van der Waals surface area contributed by atoms with E-state index >= 15 is 0 Å². The Kier molecular flexibility index (Phi) is 45.7. The second-order valence-electron chi connectivity index (χ2n) is 29.4. The van der Waals surface area contributed by atoms with Crippen LogP contribution in [0.4, 0.5) is 0 Å². The predicted octanol–water partition coefficient (Wildman–Crippen LogP) is 9.25. The number of benzene rings is 1. The first kappa shape index (κ1) is 94.2. The van der Waals surface area contributed by atoms with Gasteiger partial charge in [0.25, 0.3) is 0 Å². The Morgan fingerprint density at radius 2 is 0.752 bits per heavy atom. The molecule has 0 saturated carbocycles. The van der Waals surface area contributed by atoms with E-state index in [1.807, 2.05) is 71.9 Å². The van der Waals surface area contributed by atoms with Crippen molar-refractivity contribution >= 4 is 71.2 Å². The van der Waals surface area contributed by atoms with E-state index in [2.05, 4.69) is 21.3 Å². The minimum Gasteiger partial charge on any atom is -0.463 e. The van der Waals surface area contributed by atoms with Crippen molar-refractivity contribution in [2.75, 3.05) is 59.3 Å². The number of unbranched alkanes of at least 4 members (excludes halogenated alkanes) is 10. The number of carbonyl (C=O) groups is 12. The SMILES string of the molecule is CC(=O)OCC1OC(OCCCCCC(=O)NCCCCC(CC(=O)C(CCCCNC(=O)CCCCCOC2OC(COC(C)=O)C(OC(C)=O)C(C)C2C)NC(=O)CCCCCOC2OC(COC(C)=O)C(OC(C)=O)C(C)C2C)C(=O)NCCCCCC(=O)OCc2ccccc2)C(C)C(C)C1OC(C)=O. The monoisotopic (exact) mass is 1540 g/mol. The van der Waals surface area contributed by atoms with Gasteiger partial charge in [-0.3, -0.25) is 57.5 Å². The van der Waals surface area contributed by atoms with Gasteiger partial charge in [-0.25, -0.2) is 0 Å². The Hall–Kier alpha value is -7.18. The normalized spacial score (nSPS) is 24.3. The molecule has 1 aromatic carbocycles. The van der Waals surface area contributed by atoms with E-state index in [1.54, 1.807) is 0 Å². The van der Waals surface area contributed by atoms with Gasteiger partial charge in [-0.15, -0.1) is 0 Å². The maximum atomic E-state index is 14.6. The molecule has 1 aromatic rings. The fourth-order valence-corrected chi connectivity index (χ4v) is 13.4. The number of Topliss-reactive ketones (excluding diaryl/α,β-unsaturated/α-hetero) is 1. The Balaban J connectivity index is 1.34. The van der Waals surface area contributed by atoms with Crippen LogP contribution in [-0.2, 0) is 126 Å². The van der Waals surface area contributed by atoms with Crippen molar-refractivity contribution < 1.29 is 119 Å². The molecule has 29 heteroatoms. The van der Waals surface area contributed by atoms with Crippen LogP contribution in [0.2, 0.25) is 0 Å². The number of hydrogen-bond donors (Lipinski definition) is 4. The Labute approximate surface area is 644 Å². The molecule has 4 rings (SSSR count). The molecule has 0 aliphatic carbocycles. The van der Waals surface area contributed by atoms with Crippen molar-refractivity contribution in [2.45, 2.75) is 299 Å². The highest BCUT2D eigenvalue weighted by Gasteiger charge is 2.47. The van der Waals surface area contributed by atoms with E-state index in [1.165, 1.54) is 41.5 Å². The first-order chi connectivity index (χ1) is 52.0. The van der Waals surface area contributed by atoms with Crippen molar-refractivity contribution in [3.8, 4) is 0 Å². The Morgan fingerprint density at radius 3 is 1.16 bits per heavy atom. The lowest BCUT2D eigenvalue weighted by Gasteiger charge is -2.43. The van der Waals surface area contributed by atoms with Crippen LogP contribution in [0.15, 0.2) is 30.3 Å². The smallest absolute Gasteiger partial charge is 0.306 e. The largest absolute Gasteiger partial charge is 0.463 e. The molecule has 618 valence electrons. The van der Waals surface area contributed by atoms with Crippen LogP contribution in [0.3, 0.4) is 0 Å². The maximum absolute atomic E-state index is 14.6. The van der Waals surface area contributed by atoms with Gasteiger partial charge in [-0.2, -0.15) is 0 Å². The van der Waals surface area contributed by atoms with Gasteiger partial charge in [0, 0.05) is 155 Å². The van der Waals surface area contributed by atoms with E-state index in [9.17, 15) is 57.5 Å². The fraction of sp³-hybridized carbons (Fsp3) is 0.775. The molecule has 29 nitrogen and oxygen atoms in total. The molecular weight excluding hydrogens is 1420 g/mol. The molecule has 3 aliphatic heterocycles. The highest BCUT2D eigenvalue weighted by molar-refractivity contribution is 5.92. The van der Waals surface area contributed by atoms with Gasteiger partial charge in [0.15, 0.2) is 24.7 Å². The summed E-state index contributed by atoms with van der Waals surface area (Å²) in [6.45, 7) is 21.3. The lowest BCUT2D eigenvalue weighted by molar-refractivity contribution is -0.273. The van der Waals surface area contributed by atoms with Gasteiger partial charge >= 0.3 is 41.8 Å². The van der Waals surface area contributed by atoms with Crippen LogP contribution in [0.1, 0.15) is 236 Å². The second kappa shape index (κ2) is 52.9. The number of ketones is 1. The van der Waals surface area contributed by atoms with E-state index in [0.29, 0.717) is 142 Å². The molecule has 17 unspecified atom stereocenters. The number of rotatable bonds is 53. The average molecular weight is 1550 g/mol. The minimum absolute atomic E-state index is 0.0888. The molecule has 0 radical (unpaired) electrons. The highest BCUT2D eigenvalue weighted by atomic mass is 16.7. The van der Waals surface area contributed by atoms with Crippen LogP contribution < -0.4 is 21.3 Å². The molecule has 3 saturated heterocycles. The lowest BCUT2D eigenvalue weighted by atomic mass is 9.84. The van der Waals surface area contributed by atoms with E-state index in [0.717, 1.165) is 5.56 Å². The summed E-state index contributed by atoms with van der Waals surface area (Å²) in [6.07, 6.45) is 4.57. The van der Waals surface area contributed by atoms with Gasteiger partial charge in [-0.1, -0.05) is 104 Å². The number of amides is 4. The van der Waals surface area contributed by atoms with E-state index in [4.69, 9.17) is 61.6 Å². The van der Waals surface area contributed by atoms with E-state index in [-0.39, 0.29) is 142 Å². The lowest BCUT2D eigenvalue weighted by Crippen LogP contribution is -2.53. The summed E-state index contributed by atoms with van der Waals surface area (Å²) in [5, 5.41) is 11.9. The van der Waals surface area contributed by atoms with Crippen LogP contribution in [-0.4, -0.2) is 192 Å². The molecular formula is C80H128N4O25. The van der Waals surface area contributed by atoms with Crippen LogP contribution in [0.5, 0.6) is 0 Å².